The maximum absolute atomic E-state index is 14.4. The summed E-state index contributed by atoms with van der Waals surface area (Å²) in [6, 6.07) is 27.9. The number of carbonyl (C=O) groups excluding carboxylic acids is 3. The van der Waals surface area contributed by atoms with Crippen molar-refractivity contribution in [2.45, 2.75) is 37.8 Å². The lowest BCUT2D eigenvalue weighted by Gasteiger charge is -2.59. The first-order valence-electron chi connectivity index (χ1n) is 13.3. The molecule has 3 aromatic rings. The normalized spacial score (nSPS) is 24.7. The first-order valence-corrected chi connectivity index (χ1v) is 13.3. The van der Waals surface area contributed by atoms with E-state index >= 15 is 0 Å². The van der Waals surface area contributed by atoms with Crippen molar-refractivity contribution in [3.8, 4) is 0 Å². The standard InChI is InChI=1S/C31H29N3O6/c1-2-38-28(35)26-25-24(40-32-26)19-34(30(37)39-20-22-14-8-4-9-15-22)31(25)27(23-16-10-5-11-17-23)33(29(31)36)18-21-12-6-3-7-13-21/h3-17,24-25,27H,2,18-20H2,1H3/t24-,25+,27-,31+/m0/s1. The Balaban J connectivity index is 1.42. The van der Waals surface area contributed by atoms with E-state index in [2.05, 4.69) is 5.16 Å². The summed E-state index contributed by atoms with van der Waals surface area (Å²) in [5.41, 5.74) is 1.13. The van der Waals surface area contributed by atoms with Gasteiger partial charge in [-0.05, 0) is 23.6 Å². The van der Waals surface area contributed by atoms with Crippen LogP contribution in [0.1, 0.15) is 29.7 Å². The number of esters is 1. The van der Waals surface area contributed by atoms with Crippen LogP contribution in [0.3, 0.4) is 0 Å². The first-order chi connectivity index (χ1) is 19.6. The van der Waals surface area contributed by atoms with E-state index in [4.69, 9.17) is 14.3 Å². The quantitative estimate of drug-likeness (QED) is 0.331. The summed E-state index contributed by atoms with van der Waals surface area (Å²) in [5.74, 6) is -1.77. The fraction of sp³-hybridized carbons (Fsp3) is 0.290. The van der Waals surface area contributed by atoms with Gasteiger partial charge in [-0.25, -0.2) is 9.59 Å². The number of oxime groups is 1. The lowest BCUT2D eigenvalue weighted by atomic mass is 9.65. The van der Waals surface area contributed by atoms with Gasteiger partial charge < -0.3 is 19.2 Å². The second-order valence-corrected chi connectivity index (χ2v) is 10.0. The van der Waals surface area contributed by atoms with E-state index in [1.807, 2.05) is 91.0 Å². The molecule has 2 amide bonds. The lowest BCUT2D eigenvalue weighted by Crippen LogP contribution is -2.77. The van der Waals surface area contributed by atoms with Gasteiger partial charge >= 0.3 is 12.1 Å². The lowest BCUT2D eigenvalue weighted by molar-refractivity contribution is -0.177. The molecule has 0 radical (unpaired) electrons. The molecule has 0 saturated carbocycles. The van der Waals surface area contributed by atoms with E-state index < -0.39 is 35.7 Å². The third kappa shape index (κ3) is 4.09. The van der Waals surface area contributed by atoms with Crippen LogP contribution in [-0.4, -0.2) is 58.3 Å². The number of amides is 2. The molecule has 40 heavy (non-hydrogen) atoms. The van der Waals surface area contributed by atoms with Gasteiger partial charge in [0.25, 0.3) is 5.91 Å². The van der Waals surface area contributed by atoms with Crippen LogP contribution in [0.15, 0.2) is 96.2 Å². The molecule has 0 bridgehead atoms. The fourth-order valence-electron chi connectivity index (χ4n) is 6.15. The Bertz CT molecular complexity index is 1430. The topological polar surface area (TPSA) is 97.7 Å². The molecule has 204 valence electrons. The summed E-state index contributed by atoms with van der Waals surface area (Å²) >= 11 is 0. The number of hydrogen-bond acceptors (Lipinski definition) is 7. The van der Waals surface area contributed by atoms with Crippen molar-refractivity contribution in [2.75, 3.05) is 13.2 Å². The molecular weight excluding hydrogens is 510 g/mol. The molecule has 6 rings (SSSR count). The highest BCUT2D eigenvalue weighted by atomic mass is 16.7. The zero-order valence-electron chi connectivity index (χ0n) is 22.0. The molecule has 3 aliphatic heterocycles. The molecule has 0 unspecified atom stereocenters. The molecule has 3 heterocycles. The molecule has 1 spiro atoms. The van der Waals surface area contributed by atoms with E-state index in [9.17, 15) is 14.4 Å². The van der Waals surface area contributed by atoms with Crippen molar-refractivity contribution >= 4 is 23.7 Å². The van der Waals surface area contributed by atoms with Crippen molar-refractivity contribution in [3.63, 3.8) is 0 Å². The molecule has 0 N–H and O–H groups in total. The van der Waals surface area contributed by atoms with Crippen molar-refractivity contribution in [3.05, 3.63) is 108 Å². The predicted molar refractivity (Wildman–Crippen MR) is 145 cm³/mol. The van der Waals surface area contributed by atoms with Crippen LogP contribution in [0.4, 0.5) is 4.79 Å². The summed E-state index contributed by atoms with van der Waals surface area (Å²) in [5, 5.41) is 4.07. The molecule has 9 heteroatoms. The van der Waals surface area contributed by atoms with E-state index in [-0.39, 0.29) is 31.4 Å². The van der Waals surface area contributed by atoms with Crippen molar-refractivity contribution < 1.29 is 28.7 Å². The molecule has 0 aromatic heterocycles. The molecule has 4 atom stereocenters. The third-order valence-electron chi connectivity index (χ3n) is 7.79. The molecular formula is C31H29N3O6. The van der Waals surface area contributed by atoms with Gasteiger partial charge in [0.05, 0.1) is 25.1 Å². The average Bonchev–Trinajstić information content (AvgIpc) is 3.57. The number of hydrogen-bond donors (Lipinski definition) is 0. The first kappa shape index (κ1) is 25.6. The van der Waals surface area contributed by atoms with Crippen LogP contribution in [0.25, 0.3) is 0 Å². The number of fused-ring (bicyclic) bond motifs is 2. The van der Waals surface area contributed by atoms with Crippen LogP contribution in [0.5, 0.6) is 0 Å². The third-order valence-corrected chi connectivity index (χ3v) is 7.79. The minimum atomic E-state index is -1.48. The molecule has 3 aliphatic rings. The Hall–Kier alpha value is -4.66. The van der Waals surface area contributed by atoms with E-state index in [1.165, 1.54) is 4.90 Å². The molecule has 2 saturated heterocycles. The Kier molecular flexibility index (Phi) is 6.71. The largest absolute Gasteiger partial charge is 0.461 e. The van der Waals surface area contributed by atoms with Crippen LogP contribution in [0, 0.1) is 5.92 Å². The van der Waals surface area contributed by atoms with E-state index in [1.54, 1.807) is 11.8 Å². The maximum Gasteiger partial charge on any atom is 0.411 e. The van der Waals surface area contributed by atoms with Crippen LogP contribution < -0.4 is 0 Å². The summed E-state index contributed by atoms with van der Waals surface area (Å²) in [6.07, 6.45) is -1.35. The Morgan fingerprint density at radius 3 is 2.20 bits per heavy atom. The smallest absolute Gasteiger partial charge is 0.411 e. The van der Waals surface area contributed by atoms with Gasteiger partial charge in [0, 0.05) is 6.54 Å². The highest BCUT2D eigenvalue weighted by Crippen LogP contribution is 2.58. The van der Waals surface area contributed by atoms with Gasteiger partial charge in [-0.1, -0.05) is 96.2 Å². The summed E-state index contributed by atoms with van der Waals surface area (Å²) in [6.45, 7) is 2.25. The van der Waals surface area contributed by atoms with Gasteiger partial charge in [0.1, 0.15) is 6.61 Å². The van der Waals surface area contributed by atoms with Gasteiger partial charge in [0.2, 0.25) is 0 Å². The second-order valence-electron chi connectivity index (χ2n) is 10.0. The summed E-state index contributed by atoms with van der Waals surface area (Å²) in [7, 11) is 0. The zero-order chi connectivity index (χ0) is 27.7. The zero-order valence-corrected chi connectivity index (χ0v) is 22.0. The number of β-lactam (4-membered cyclic amide) rings is 1. The average molecular weight is 540 g/mol. The van der Waals surface area contributed by atoms with Crippen molar-refractivity contribution in [1.29, 1.82) is 0 Å². The Morgan fingerprint density at radius 1 is 0.925 bits per heavy atom. The summed E-state index contributed by atoms with van der Waals surface area (Å²) < 4.78 is 11.0. The SMILES string of the molecule is CCOC(=O)C1=NO[C@H]2CN(C(=O)OCc3ccccc3)[C@]3(C(=O)N(Cc4ccccc4)[C@H]3c3ccccc3)[C@@H]12. The number of ether oxygens (including phenoxy) is 2. The van der Waals surface area contributed by atoms with E-state index in [0.29, 0.717) is 6.54 Å². The number of likely N-dealkylation sites (tertiary alicyclic amines) is 2. The second kappa shape index (κ2) is 10.5. The molecule has 0 aliphatic carbocycles. The van der Waals surface area contributed by atoms with Crippen LogP contribution in [-0.2, 0) is 37.1 Å². The Labute approximate surface area is 231 Å². The van der Waals surface area contributed by atoms with Crippen LogP contribution in [0.2, 0.25) is 0 Å². The monoisotopic (exact) mass is 539 g/mol. The number of nitrogens with zero attached hydrogens (tertiary/aromatic N) is 3. The van der Waals surface area contributed by atoms with Gasteiger partial charge in [0.15, 0.2) is 17.4 Å². The minimum Gasteiger partial charge on any atom is -0.461 e. The fourth-order valence-corrected chi connectivity index (χ4v) is 6.15. The van der Waals surface area contributed by atoms with Crippen molar-refractivity contribution in [1.82, 2.24) is 9.80 Å². The Morgan fingerprint density at radius 2 is 1.55 bits per heavy atom. The maximum atomic E-state index is 14.4. The highest BCUT2D eigenvalue weighted by Gasteiger charge is 2.77. The van der Waals surface area contributed by atoms with Crippen LogP contribution >= 0.6 is 0 Å². The number of carbonyl (C=O) groups is 3. The predicted octanol–water partition coefficient (Wildman–Crippen LogP) is 4.10. The highest BCUT2D eigenvalue weighted by molar-refractivity contribution is 6.39. The van der Waals surface area contributed by atoms with Crippen molar-refractivity contribution in [2.24, 2.45) is 11.1 Å². The summed E-state index contributed by atoms with van der Waals surface area (Å²) in [4.78, 5) is 50.1. The number of benzene rings is 3. The van der Waals surface area contributed by atoms with Gasteiger partial charge in [-0.15, -0.1) is 0 Å². The van der Waals surface area contributed by atoms with Gasteiger partial charge in [-0.2, -0.15) is 0 Å². The van der Waals surface area contributed by atoms with Gasteiger partial charge in [-0.3, -0.25) is 9.69 Å². The molecule has 3 aromatic carbocycles. The number of rotatable bonds is 7. The molecule has 9 nitrogen and oxygen atoms in total. The van der Waals surface area contributed by atoms with E-state index in [0.717, 1.165) is 16.7 Å². The molecule has 2 fully saturated rings. The minimum absolute atomic E-state index is 0.0128.